The molecule has 0 unspecified atom stereocenters. The second kappa shape index (κ2) is 11.2. The topological polar surface area (TPSA) is 18.5 Å². The molecule has 132 valence electrons. The summed E-state index contributed by atoms with van der Waals surface area (Å²) in [4.78, 5) is 0. The number of benzene rings is 1. The highest BCUT2D eigenvalue weighted by molar-refractivity contribution is 7.81. The van der Waals surface area contributed by atoms with Crippen molar-refractivity contribution in [3.05, 3.63) is 29.8 Å². The Bertz CT molecular complexity index is 422. The predicted octanol–water partition coefficient (Wildman–Crippen LogP) is 5.11. The lowest BCUT2D eigenvalue weighted by Crippen LogP contribution is -2.13. The molecule has 0 aliphatic carbocycles. The van der Waals surface area contributed by atoms with Gasteiger partial charge in [-0.1, -0.05) is 43.9 Å². The van der Waals surface area contributed by atoms with Crippen molar-refractivity contribution in [1.82, 2.24) is 0 Å². The van der Waals surface area contributed by atoms with E-state index in [2.05, 4.69) is 44.3 Å². The summed E-state index contributed by atoms with van der Waals surface area (Å²) in [6.07, 6.45) is 10.0. The van der Waals surface area contributed by atoms with Crippen molar-refractivity contribution in [2.45, 2.75) is 57.7 Å². The normalized spacial score (nSPS) is 12.1. The minimum atomic E-state index is -0.916. The summed E-state index contributed by atoms with van der Waals surface area (Å²) in [7, 11) is 2.51. The van der Waals surface area contributed by atoms with Crippen LogP contribution in [0.1, 0.15) is 50.5 Å². The zero-order valence-corrected chi connectivity index (χ0v) is 16.7. The molecule has 0 atom stereocenters. The van der Waals surface area contributed by atoms with Crippen LogP contribution in [0.15, 0.2) is 24.3 Å². The minimum Gasteiger partial charge on any atom is -0.356 e. The van der Waals surface area contributed by atoms with Gasteiger partial charge >= 0.3 is 0 Å². The van der Waals surface area contributed by atoms with Crippen LogP contribution < -0.4 is 5.30 Å². The highest BCUT2D eigenvalue weighted by Gasteiger charge is 2.23. The van der Waals surface area contributed by atoms with Crippen LogP contribution in [0.5, 0.6) is 0 Å². The molecule has 0 aliphatic rings. The molecule has 0 fully saturated rings. The summed E-state index contributed by atoms with van der Waals surface area (Å²) in [5, 5.41) is 1.62. The Hall–Kier alpha value is -0.430. The van der Waals surface area contributed by atoms with E-state index in [9.17, 15) is 0 Å². The van der Waals surface area contributed by atoms with Gasteiger partial charge in [0.2, 0.25) is 0 Å². The molecule has 3 heteroatoms. The molecule has 1 aromatic rings. The predicted molar refractivity (Wildman–Crippen MR) is 105 cm³/mol. The average molecular weight is 339 g/mol. The van der Waals surface area contributed by atoms with Crippen LogP contribution in [0.3, 0.4) is 0 Å². The number of aryl methyl sites for hydroxylation is 1. The van der Waals surface area contributed by atoms with Crippen LogP contribution in [0.2, 0.25) is 0 Å². The summed E-state index contributed by atoms with van der Waals surface area (Å²) in [6, 6.07) is 9.05. The lowest BCUT2D eigenvalue weighted by atomic mass is 10.0. The fourth-order valence-corrected chi connectivity index (χ4v) is 4.62. The average Bonchev–Trinajstić information content (AvgIpc) is 2.53. The van der Waals surface area contributed by atoms with Gasteiger partial charge in [-0.15, -0.1) is 0 Å². The van der Waals surface area contributed by atoms with Gasteiger partial charge in [-0.3, -0.25) is 0 Å². The first kappa shape index (κ1) is 20.6. The third kappa shape index (κ3) is 8.29. The summed E-state index contributed by atoms with van der Waals surface area (Å²) >= 11 is 0. The molecule has 1 aromatic carbocycles. The van der Waals surface area contributed by atoms with E-state index < -0.39 is 7.26 Å². The van der Waals surface area contributed by atoms with Crippen LogP contribution in [-0.2, 0) is 15.9 Å². The maximum absolute atomic E-state index is 5.21. The molecule has 1 rings (SSSR count). The first-order chi connectivity index (χ1) is 11.0. The van der Waals surface area contributed by atoms with Gasteiger partial charge in [0.15, 0.2) is 6.29 Å². The number of unbranched alkanes of at least 4 members (excludes halogenated alkanes) is 5. The van der Waals surface area contributed by atoms with Gasteiger partial charge in [-0.2, -0.15) is 0 Å². The highest BCUT2D eigenvalue weighted by Crippen LogP contribution is 2.46. The van der Waals surface area contributed by atoms with Crippen LogP contribution >= 0.6 is 7.26 Å². The van der Waals surface area contributed by atoms with Crippen LogP contribution in [0.4, 0.5) is 0 Å². The molecular formula is C20H36O2P+. The van der Waals surface area contributed by atoms with E-state index in [0.29, 0.717) is 0 Å². The molecule has 0 amide bonds. The molecule has 0 heterocycles. The molecule has 0 N–H and O–H groups in total. The molecule has 0 aromatic heterocycles. The molecule has 0 radical (unpaired) electrons. The molecular weight excluding hydrogens is 303 g/mol. The molecule has 2 nitrogen and oxygen atoms in total. The first-order valence-electron chi connectivity index (χ1n) is 8.94. The Labute approximate surface area is 144 Å². The number of hydrogen-bond donors (Lipinski definition) is 0. The summed E-state index contributed by atoms with van der Waals surface area (Å²) in [5.74, 6) is 0. The van der Waals surface area contributed by atoms with Gasteiger partial charge in [-0.05, 0) is 37.3 Å². The Balaban J connectivity index is 2.17. The summed E-state index contributed by atoms with van der Waals surface area (Å²) < 4.78 is 10.4. The first-order valence-corrected chi connectivity index (χ1v) is 12.1. The van der Waals surface area contributed by atoms with E-state index in [4.69, 9.17) is 9.47 Å². The number of ether oxygens (including phenoxy) is 2. The largest absolute Gasteiger partial charge is 0.356 e. The number of hydrogen-bond acceptors (Lipinski definition) is 2. The zero-order valence-electron chi connectivity index (χ0n) is 15.8. The van der Waals surface area contributed by atoms with E-state index in [1.165, 1.54) is 44.9 Å². The fourth-order valence-electron chi connectivity index (χ4n) is 3.04. The molecule has 0 saturated carbocycles. The fraction of sp³-hybridized carbons (Fsp3) is 0.700. The smallest absolute Gasteiger partial charge is 0.156 e. The summed E-state index contributed by atoms with van der Waals surface area (Å²) in [5.41, 5.74) is 1.58. The van der Waals surface area contributed by atoms with E-state index >= 15 is 0 Å². The Morgan fingerprint density at radius 1 is 0.826 bits per heavy atom. The van der Waals surface area contributed by atoms with Gasteiger partial charge in [-0.25, -0.2) is 0 Å². The quantitative estimate of drug-likeness (QED) is 0.299. The Morgan fingerprint density at radius 3 is 2.00 bits per heavy atom. The zero-order chi connectivity index (χ0) is 17.1. The van der Waals surface area contributed by atoms with Crippen LogP contribution in [-0.4, -0.2) is 40.5 Å². The third-order valence-corrected chi connectivity index (χ3v) is 6.26. The van der Waals surface area contributed by atoms with E-state index in [-0.39, 0.29) is 6.29 Å². The lowest BCUT2D eigenvalue weighted by molar-refractivity contribution is -0.107. The van der Waals surface area contributed by atoms with Gasteiger partial charge in [0.1, 0.15) is 0 Å². The van der Waals surface area contributed by atoms with Crippen LogP contribution in [0, 0.1) is 0 Å². The second-order valence-corrected chi connectivity index (χ2v) is 11.7. The third-order valence-electron chi connectivity index (χ3n) is 4.38. The molecule has 0 bridgehead atoms. The van der Waals surface area contributed by atoms with Crippen LogP contribution in [0.25, 0.3) is 0 Å². The lowest BCUT2D eigenvalue weighted by Gasteiger charge is -2.16. The SMILES string of the molecule is COC(CCCCCCCCc1ccccc1[P+](C)(C)C)OC. The van der Waals surface area contributed by atoms with Crippen molar-refractivity contribution < 1.29 is 9.47 Å². The van der Waals surface area contributed by atoms with E-state index in [1.807, 2.05) is 0 Å². The van der Waals surface area contributed by atoms with Crippen molar-refractivity contribution in [3.63, 3.8) is 0 Å². The van der Waals surface area contributed by atoms with Crippen molar-refractivity contribution in [1.29, 1.82) is 0 Å². The maximum atomic E-state index is 5.21. The minimum absolute atomic E-state index is 0.0211. The monoisotopic (exact) mass is 339 g/mol. The molecule has 23 heavy (non-hydrogen) atoms. The van der Waals surface area contributed by atoms with E-state index in [1.54, 1.807) is 25.1 Å². The Kier molecular flexibility index (Phi) is 10.0. The highest BCUT2D eigenvalue weighted by atomic mass is 31.2. The van der Waals surface area contributed by atoms with Gasteiger partial charge < -0.3 is 9.47 Å². The van der Waals surface area contributed by atoms with Crippen molar-refractivity contribution >= 4 is 12.6 Å². The van der Waals surface area contributed by atoms with Gasteiger partial charge in [0.25, 0.3) is 0 Å². The number of rotatable bonds is 12. The van der Waals surface area contributed by atoms with Gasteiger partial charge in [0.05, 0.1) is 25.3 Å². The Morgan fingerprint density at radius 2 is 1.39 bits per heavy atom. The second-order valence-electron chi connectivity index (χ2n) is 7.20. The van der Waals surface area contributed by atoms with Crippen molar-refractivity contribution in [2.75, 3.05) is 34.2 Å². The molecule has 0 aliphatic heterocycles. The standard InChI is InChI=1S/C20H36O2P/c1-21-20(22-2)17-11-9-7-6-8-10-14-18-15-12-13-16-19(18)23(3,4)5/h12-13,15-16,20H,6-11,14,17H2,1-5H3/q+1. The molecule has 0 spiro atoms. The number of methoxy groups -OCH3 is 2. The van der Waals surface area contributed by atoms with Crippen molar-refractivity contribution in [3.8, 4) is 0 Å². The summed E-state index contributed by atoms with van der Waals surface area (Å²) in [6.45, 7) is 7.25. The molecule has 0 saturated heterocycles. The van der Waals surface area contributed by atoms with E-state index in [0.717, 1.165) is 6.42 Å². The maximum Gasteiger partial charge on any atom is 0.156 e. The van der Waals surface area contributed by atoms with Gasteiger partial charge in [0, 0.05) is 21.5 Å². The van der Waals surface area contributed by atoms with Crippen molar-refractivity contribution in [2.24, 2.45) is 0 Å².